The maximum atomic E-state index is 5.97. The van der Waals surface area contributed by atoms with E-state index in [1.165, 1.54) is 94.4 Å². The summed E-state index contributed by atoms with van der Waals surface area (Å²) in [6, 6.07) is 10.9. The van der Waals surface area contributed by atoms with E-state index in [4.69, 9.17) is 12.2 Å². The number of unbranched alkanes of at least 4 members (excludes halogenated alkanes) is 10. The molecule has 0 N–H and O–H groups in total. The van der Waals surface area contributed by atoms with Gasteiger partial charge >= 0.3 is 171 Å². The van der Waals surface area contributed by atoms with Crippen molar-refractivity contribution in [1.82, 2.24) is 0 Å². The molecule has 0 aliphatic rings. The number of hydrogen-bond donors (Lipinski definition) is 0. The molecule has 1 aromatic carbocycles. The van der Waals surface area contributed by atoms with Crippen molar-refractivity contribution in [1.29, 1.82) is 0 Å². The average Bonchev–Trinajstić information content (AvgIpc) is 2.65. The third kappa shape index (κ3) is 11.4. The fraction of sp³-hybridized carbons (Fsp3) is 0.696. The number of hydrogen-bond acceptors (Lipinski definition) is 1. The summed E-state index contributed by atoms with van der Waals surface area (Å²) in [5.41, 5.74) is 1.37. The molecular weight excluding hydrogens is 427 g/mol. The molecule has 0 aliphatic heterocycles. The first-order valence-corrected chi connectivity index (χ1v) is 17.6. The molecule has 0 saturated carbocycles. The van der Waals surface area contributed by atoms with Gasteiger partial charge in [0.25, 0.3) is 0 Å². The van der Waals surface area contributed by atoms with Gasteiger partial charge in [-0.15, -0.1) is 0 Å². The second-order valence-electron chi connectivity index (χ2n) is 7.54. The third-order valence-corrected chi connectivity index (χ3v) is 17.1. The Kier molecular flexibility index (Phi) is 15.1. The van der Waals surface area contributed by atoms with Crippen LogP contribution < -0.4 is 0 Å². The van der Waals surface area contributed by atoms with E-state index >= 15 is 0 Å². The molecule has 0 heterocycles. The van der Waals surface area contributed by atoms with Gasteiger partial charge in [-0.1, -0.05) is 0 Å². The van der Waals surface area contributed by atoms with Gasteiger partial charge in [0.15, 0.2) is 0 Å². The molecular formula is C23H40SSn. The number of benzene rings is 1. The summed E-state index contributed by atoms with van der Waals surface area (Å²) >= 11 is 4.24. The van der Waals surface area contributed by atoms with Gasteiger partial charge in [-0.05, 0) is 0 Å². The summed E-state index contributed by atoms with van der Waals surface area (Å²) in [7, 11) is 0. The van der Waals surface area contributed by atoms with Crippen molar-refractivity contribution in [3.63, 3.8) is 0 Å². The summed E-state index contributed by atoms with van der Waals surface area (Å²) in [6.45, 7) is 4.59. The van der Waals surface area contributed by atoms with Crippen molar-refractivity contribution in [3.8, 4) is 0 Å². The molecule has 142 valence electrons. The summed E-state index contributed by atoms with van der Waals surface area (Å²) in [6.07, 6.45) is 17.0. The van der Waals surface area contributed by atoms with Crippen LogP contribution in [-0.2, 0) is 0 Å². The molecule has 1 rings (SSSR count). The summed E-state index contributed by atoms with van der Waals surface area (Å²) in [4.78, 5) is 0. The fourth-order valence-electron chi connectivity index (χ4n) is 3.59. The van der Waals surface area contributed by atoms with Crippen LogP contribution in [0.1, 0.15) is 96.5 Å². The van der Waals surface area contributed by atoms with Crippen LogP contribution >= 0.6 is 12.2 Å². The second kappa shape index (κ2) is 16.3. The third-order valence-electron chi connectivity index (χ3n) is 5.24. The van der Waals surface area contributed by atoms with Crippen LogP contribution in [0.25, 0.3) is 0 Å². The molecule has 0 radical (unpaired) electrons. The Morgan fingerprint density at radius 1 is 0.680 bits per heavy atom. The van der Waals surface area contributed by atoms with Gasteiger partial charge in [0.1, 0.15) is 0 Å². The Labute approximate surface area is 169 Å². The summed E-state index contributed by atoms with van der Waals surface area (Å²) < 4.78 is 4.41. The topological polar surface area (TPSA) is 0 Å². The van der Waals surface area contributed by atoms with Gasteiger partial charge in [0, 0.05) is 0 Å². The second-order valence-corrected chi connectivity index (χ2v) is 18.1. The molecule has 0 atom stereocenters. The molecule has 0 amide bonds. The minimum absolute atomic E-state index is 1.35. The average molecular weight is 467 g/mol. The zero-order valence-corrected chi connectivity index (χ0v) is 20.9. The molecule has 25 heavy (non-hydrogen) atoms. The van der Waals surface area contributed by atoms with Gasteiger partial charge in [-0.25, -0.2) is 0 Å². The SMILES string of the molecule is CCCCCCC[CH2][SnH]([CH2]CCCCCCC)[C](=S)c1ccccc1. The van der Waals surface area contributed by atoms with Crippen LogP contribution in [0.2, 0.25) is 8.87 Å². The van der Waals surface area contributed by atoms with Crippen LogP contribution in [0.3, 0.4) is 0 Å². The number of rotatable bonds is 16. The van der Waals surface area contributed by atoms with E-state index in [1.54, 1.807) is 0 Å². The molecule has 0 bridgehead atoms. The van der Waals surface area contributed by atoms with E-state index in [2.05, 4.69) is 44.2 Å². The van der Waals surface area contributed by atoms with E-state index in [0.717, 1.165) is 0 Å². The van der Waals surface area contributed by atoms with Crippen LogP contribution in [0.4, 0.5) is 0 Å². The molecule has 0 unspecified atom stereocenters. The van der Waals surface area contributed by atoms with E-state index in [0.29, 0.717) is 0 Å². The molecule has 0 aromatic heterocycles. The molecule has 0 saturated heterocycles. The Hall–Kier alpha value is 0.109. The van der Waals surface area contributed by atoms with E-state index in [-0.39, 0.29) is 0 Å². The quantitative estimate of drug-likeness (QED) is 0.135. The van der Waals surface area contributed by atoms with Gasteiger partial charge < -0.3 is 0 Å². The normalized spacial score (nSPS) is 11.2. The van der Waals surface area contributed by atoms with Crippen molar-refractivity contribution in [2.75, 3.05) is 0 Å². The van der Waals surface area contributed by atoms with E-state index < -0.39 is 19.8 Å². The molecule has 2 heteroatoms. The molecule has 0 aliphatic carbocycles. The Morgan fingerprint density at radius 2 is 1.12 bits per heavy atom. The first-order chi connectivity index (χ1) is 12.3. The van der Waals surface area contributed by atoms with Gasteiger partial charge in [-0.3, -0.25) is 0 Å². The molecule has 1 aromatic rings. The summed E-state index contributed by atoms with van der Waals surface area (Å²) in [5, 5.41) is 0. The van der Waals surface area contributed by atoms with Crippen LogP contribution in [0.5, 0.6) is 0 Å². The molecule has 0 spiro atoms. The predicted octanol–water partition coefficient (Wildman–Crippen LogP) is 7.89. The Morgan fingerprint density at radius 3 is 1.60 bits per heavy atom. The van der Waals surface area contributed by atoms with Gasteiger partial charge in [0.05, 0.1) is 0 Å². The Balaban J connectivity index is 2.39. The van der Waals surface area contributed by atoms with E-state index in [9.17, 15) is 0 Å². The van der Waals surface area contributed by atoms with Crippen LogP contribution in [0, 0.1) is 0 Å². The summed E-state index contributed by atoms with van der Waals surface area (Å²) in [5.74, 6) is 0. The van der Waals surface area contributed by atoms with Crippen molar-refractivity contribution in [2.24, 2.45) is 0 Å². The first kappa shape index (κ1) is 23.1. The van der Waals surface area contributed by atoms with Crippen LogP contribution in [-0.4, -0.2) is 22.6 Å². The standard InChI is InChI=1S/2C8H17.C7H5S.Sn.H/c2*1-3-5-7-8-6-4-2;8-6-7-4-2-1-3-5-7;;/h2*1,3-8H2,2H3;1-5H;;. The van der Waals surface area contributed by atoms with Crippen molar-refractivity contribution >= 4 is 34.9 Å². The Bertz CT molecular complexity index is 413. The van der Waals surface area contributed by atoms with Crippen molar-refractivity contribution in [3.05, 3.63) is 35.9 Å². The van der Waals surface area contributed by atoms with Crippen molar-refractivity contribution < 1.29 is 0 Å². The van der Waals surface area contributed by atoms with Gasteiger partial charge in [0.2, 0.25) is 0 Å². The van der Waals surface area contributed by atoms with Gasteiger partial charge in [-0.2, -0.15) is 0 Å². The van der Waals surface area contributed by atoms with Crippen molar-refractivity contribution in [2.45, 2.75) is 99.8 Å². The predicted molar refractivity (Wildman–Crippen MR) is 122 cm³/mol. The minimum atomic E-state index is -1.73. The molecule has 0 nitrogen and oxygen atoms in total. The maximum absolute atomic E-state index is 5.97. The zero-order chi connectivity index (χ0) is 18.2. The van der Waals surface area contributed by atoms with E-state index in [1.807, 2.05) is 0 Å². The van der Waals surface area contributed by atoms with Crippen LogP contribution in [0.15, 0.2) is 30.3 Å². The number of thiocarbonyl (C=S) groups is 1. The fourth-order valence-corrected chi connectivity index (χ4v) is 14.0. The zero-order valence-electron chi connectivity index (χ0n) is 16.8. The molecule has 0 fully saturated rings. The monoisotopic (exact) mass is 468 g/mol. The first-order valence-electron chi connectivity index (χ1n) is 10.9.